The summed E-state index contributed by atoms with van der Waals surface area (Å²) in [5, 5.41) is 13.6. The van der Waals surface area contributed by atoms with E-state index in [4.69, 9.17) is 24.8 Å². The second kappa shape index (κ2) is 15.6. The number of rotatable bonds is 0. The van der Waals surface area contributed by atoms with Crippen molar-refractivity contribution in [2.75, 3.05) is 0 Å². The van der Waals surface area contributed by atoms with Crippen LogP contribution in [0.4, 0.5) is 0 Å². The average molecular weight is 171 g/mol. The Morgan fingerprint density at radius 3 is 1.62 bits per heavy atom. The molecule has 0 fully saturated rings. The van der Waals surface area contributed by atoms with Gasteiger partial charge in [-0.05, 0) is 0 Å². The molecule has 6 nitrogen and oxygen atoms in total. The van der Waals surface area contributed by atoms with Crippen molar-refractivity contribution in [1.82, 2.24) is 0 Å². The molecule has 48 valence electrons. The summed E-state index contributed by atoms with van der Waals surface area (Å²) < 4.78 is 8.57. The summed E-state index contributed by atoms with van der Waals surface area (Å²) in [6.45, 7) is 0. The first-order valence-corrected chi connectivity index (χ1v) is 2.05. The summed E-state index contributed by atoms with van der Waals surface area (Å²) in [5.74, 6) is 0. The second-order valence-electron chi connectivity index (χ2n) is 0.343. The minimum atomic E-state index is -1.50. The van der Waals surface area contributed by atoms with Crippen LogP contribution in [0, 0.1) is 10.1 Å². The summed E-state index contributed by atoms with van der Waals surface area (Å²) in [7, 11) is -1.50. The molecule has 0 amide bonds. The zero-order valence-electron chi connectivity index (χ0n) is 3.14. The molecular weight excluding hydrogens is 165 g/mol. The first kappa shape index (κ1) is 15.9. The molecule has 0 aromatic carbocycles. The van der Waals surface area contributed by atoms with Gasteiger partial charge in [0.1, 0.15) is 0 Å². The van der Waals surface area contributed by atoms with E-state index in [0.29, 0.717) is 0 Å². The molecule has 8 heavy (non-hydrogen) atoms. The van der Waals surface area contributed by atoms with Crippen LogP contribution in [0.2, 0.25) is 0 Å². The summed E-state index contributed by atoms with van der Waals surface area (Å²) in [5.41, 5.74) is 0. The molecule has 1 unspecified atom stereocenters. The van der Waals surface area contributed by atoms with E-state index in [1.165, 1.54) is 0 Å². The van der Waals surface area contributed by atoms with Gasteiger partial charge in [-0.25, -0.2) is 0 Å². The summed E-state index contributed by atoms with van der Waals surface area (Å²) in [4.78, 5) is 15.5. The predicted molar refractivity (Wildman–Crippen MR) is 29.9 cm³/mol. The third-order valence-electron chi connectivity index (χ3n) is 0. The van der Waals surface area contributed by atoms with E-state index < -0.39 is 13.8 Å². The van der Waals surface area contributed by atoms with E-state index in [1.54, 1.807) is 0 Å². The van der Waals surface area contributed by atoms with Crippen molar-refractivity contribution in [3.63, 3.8) is 0 Å². The summed E-state index contributed by atoms with van der Waals surface area (Å²) in [6.07, 6.45) is 0. The van der Waals surface area contributed by atoms with Gasteiger partial charge >= 0.3 is 37.7 Å². The van der Waals surface area contributed by atoms with Gasteiger partial charge < -0.3 is 10.1 Å². The standard InChI is InChI=1S/Ca.HNO3.H3O2P.2H/c;2-1(3)4;1-3-2;;/h;(H,2,3,4);3H2,(H,1,2);;. The molecule has 0 aromatic heterocycles. The van der Waals surface area contributed by atoms with Crippen LogP contribution in [-0.4, -0.2) is 52.9 Å². The van der Waals surface area contributed by atoms with Crippen LogP contribution >= 0.6 is 8.69 Å². The maximum atomic E-state index is 8.57. The van der Waals surface area contributed by atoms with Crippen molar-refractivity contribution in [3.8, 4) is 0 Å². The van der Waals surface area contributed by atoms with Crippen LogP contribution in [0.15, 0.2) is 0 Å². The molecule has 1 atom stereocenters. The first-order valence-electron chi connectivity index (χ1n) is 1.06. The molecule has 2 N–H and O–H groups in total. The minimum absolute atomic E-state index is 0. The van der Waals surface area contributed by atoms with Gasteiger partial charge in [0.05, 0.1) is 0 Å². The predicted octanol–water partition coefficient (Wildman–Crippen LogP) is -1.61. The van der Waals surface area contributed by atoms with Crippen LogP contribution in [0.25, 0.3) is 0 Å². The Balaban J connectivity index is -0.0000000575. The molecule has 0 aromatic rings. The molecule has 0 heterocycles. The topological polar surface area (TPSA) is 101 Å². The van der Waals surface area contributed by atoms with Gasteiger partial charge in [0.25, 0.3) is 5.09 Å². The fourth-order valence-corrected chi connectivity index (χ4v) is 0. The summed E-state index contributed by atoms with van der Waals surface area (Å²) in [6, 6.07) is 0. The third kappa shape index (κ3) is 503. The van der Waals surface area contributed by atoms with Crippen molar-refractivity contribution >= 4 is 46.4 Å². The van der Waals surface area contributed by atoms with E-state index in [1.807, 2.05) is 0 Å². The van der Waals surface area contributed by atoms with E-state index in [9.17, 15) is 0 Å². The van der Waals surface area contributed by atoms with E-state index >= 15 is 0 Å². The van der Waals surface area contributed by atoms with E-state index in [-0.39, 0.29) is 37.7 Å². The van der Waals surface area contributed by atoms with Crippen molar-refractivity contribution in [3.05, 3.63) is 10.1 Å². The maximum absolute atomic E-state index is 8.57. The van der Waals surface area contributed by atoms with Crippen molar-refractivity contribution in [2.45, 2.75) is 0 Å². The van der Waals surface area contributed by atoms with Crippen molar-refractivity contribution < 1.29 is 19.8 Å². The Bertz CT molecular complexity index is 59.4. The van der Waals surface area contributed by atoms with Crippen LogP contribution < -0.4 is 0 Å². The molecule has 0 rings (SSSR count). The van der Waals surface area contributed by atoms with Gasteiger partial charge in [0, 0.05) is 0 Å². The Morgan fingerprint density at radius 2 is 1.62 bits per heavy atom. The molecule has 0 aliphatic rings. The SMILES string of the molecule is O=[N+]([O-])O.O=[PH2]O.[CaH2]. The summed E-state index contributed by atoms with van der Waals surface area (Å²) >= 11 is 0. The van der Waals surface area contributed by atoms with Gasteiger partial charge in [-0.1, -0.05) is 0 Å². The fourth-order valence-electron chi connectivity index (χ4n) is 0. The fraction of sp³-hybridized carbons (Fsp3) is 0. The molecule has 0 bridgehead atoms. The Hall–Kier alpha value is 0.650. The van der Waals surface area contributed by atoms with Crippen molar-refractivity contribution in [1.29, 1.82) is 0 Å². The molecule has 0 radical (unpaired) electrons. The van der Waals surface area contributed by atoms with Crippen LogP contribution in [0.3, 0.4) is 0 Å². The molecule has 0 saturated carbocycles. The molecule has 0 aliphatic heterocycles. The normalized spacial score (nSPS) is 6.62. The van der Waals surface area contributed by atoms with E-state index in [2.05, 4.69) is 0 Å². The van der Waals surface area contributed by atoms with Crippen LogP contribution in [-0.2, 0) is 4.57 Å². The van der Waals surface area contributed by atoms with Gasteiger partial charge in [-0.15, -0.1) is 10.1 Å². The first-order chi connectivity index (χ1) is 3.15. The van der Waals surface area contributed by atoms with Crippen LogP contribution in [0.5, 0.6) is 0 Å². The number of nitrogens with zero attached hydrogens (tertiary/aromatic N) is 1. The van der Waals surface area contributed by atoms with Crippen molar-refractivity contribution in [2.24, 2.45) is 0 Å². The van der Waals surface area contributed by atoms with Gasteiger partial charge in [-0.3, -0.25) is 4.57 Å². The zero-order valence-corrected chi connectivity index (χ0v) is 4.30. The van der Waals surface area contributed by atoms with E-state index in [0.717, 1.165) is 0 Å². The Morgan fingerprint density at radius 1 is 1.62 bits per heavy atom. The quantitative estimate of drug-likeness (QED) is 0.197. The monoisotopic (exact) mass is 171 g/mol. The Kier molecular flexibility index (Phi) is 31.0. The number of hydrogen-bond donors (Lipinski definition) is 2. The molecule has 0 aliphatic carbocycles. The Labute approximate surface area is 75.9 Å². The van der Waals surface area contributed by atoms with Gasteiger partial charge in [-0.2, -0.15) is 0 Å². The molecule has 0 saturated heterocycles. The molecule has 0 spiro atoms. The molecule has 8 heteroatoms. The second-order valence-corrected chi connectivity index (χ2v) is 0.554. The number of hydrogen-bond acceptors (Lipinski definition) is 3. The van der Waals surface area contributed by atoms with Crippen LogP contribution in [0.1, 0.15) is 0 Å². The third-order valence-corrected chi connectivity index (χ3v) is 0. The zero-order chi connectivity index (χ0) is 6.28. The molecular formula is H6CaNO5P. The van der Waals surface area contributed by atoms with Gasteiger partial charge in [0.15, 0.2) is 8.69 Å². The van der Waals surface area contributed by atoms with Gasteiger partial charge in [0.2, 0.25) is 0 Å². The average Bonchev–Trinajstić information content (AvgIpc) is 1.33.